The fourth-order valence-corrected chi connectivity index (χ4v) is 5.88. The summed E-state index contributed by atoms with van der Waals surface area (Å²) >= 11 is 0. The molecule has 5 aromatic rings. The van der Waals surface area contributed by atoms with Crippen LogP contribution < -0.4 is 10.6 Å². The van der Waals surface area contributed by atoms with Gasteiger partial charge in [-0.2, -0.15) is 0 Å². The lowest BCUT2D eigenvalue weighted by molar-refractivity contribution is 0.0952. The lowest BCUT2D eigenvalue weighted by atomic mass is 9.96. The van der Waals surface area contributed by atoms with Crippen molar-refractivity contribution in [2.75, 3.05) is 10.6 Å². The van der Waals surface area contributed by atoms with Crippen molar-refractivity contribution >= 4 is 34.1 Å². The molecule has 2 heterocycles. The van der Waals surface area contributed by atoms with E-state index in [0.29, 0.717) is 23.6 Å². The van der Waals surface area contributed by atoms with E-state index < -0.39 is 0 Å². The molecule has 1 fully saturated rings. The van der Waals surface area contributed by atoms with E-state index in [9.17, 15) is 4.79 Å². The number of rotatable bonds is 7. The summed E-state index contributed by atoms with van der Waals surface area (Å²) in [5.74, 6) is 0.379. The maximum Gasteiger partial charge on any atom is 0.255 e. The summed E-state index contributed by atoms with van der Waals surface area (Å²) in [6, 6.07) is 33.1. The number of fused-ring (bicyclic) bond motifs is 1. The van der Waals surface area contributed by atoms with Crippen LogP contribution >= 0.6 is 0 Å². The summed E-state index contributed by atoms with van der Waals surface area (Å²) in [7, 11) is 0. The number of benzene rings is 4. The zero-order valence-corrected chi connectivity index (χ0v) is 24.5. The van der Waals surface area contributed by atoms with Crippen molar-refractivity contribution in [2.24, 2.45) is 0 Å². The van der Waals surface area contributed by atoms with E-state index in [2.05, 4.69) is 59.7 Å². The third-order valence-electron chi connectivity index (χ3n) is 8.35. The number of aromatic nitrogens is 2. The van der Waals surface area contributed by atoms with Crippen molar-refractivity contribution in [3.63, 3.8) is 0 Å². The molecule has 6 rings (SSSR count). The van der Waals surface area contributed by atoms with Crippen LogP contribution in [0.1, 0.15) is 54.6 Å². The van der Waals surface area contributed by atoms with Crippen molar-refractivity contribution in [2.45, 2.75) is 58.7 Å². The highest BCUT2D eigenvalue weighted by atomic mass is 16.1. The fraction of sp³-hybridized carbons (Fsp3) is 0.250. The van der Waals surface area contributed by atoms with Gasteiger partial charge in [-0.1, -0.05) is 67.1 Å². The van der Waals surface area contributed by atoms with Crippen LogP contribution in [0, 0.1) is 6.92 Å². The lowest BCUT2D eigenvalue weighted by Gasteiger charge is -2.39. The standard InChI is InChI=1S/C36H37N5O/c1-24-16-17-27(23-41-25(2)10-9-11-26(41)3)22-33(24)38-35(42)29-18-20-30(21-19-29)37-36-39-32-15-8-7-14-31(32)34(40-36)28-12-5-4-6-13-28/h4-8,12-22,25-26H,9-11,23H2,1-3H3,(H,38,42)(H,37,39,40). The number of likely N-dealkylation sites (tertiary alicyclic amines) is 1. The number of para-hydroxylation sites is 1. The minimum Gasteiger partial charge on any atom is -0.324 e. The Morgan fingerprint density at radius 3 is 2.33 bits per heavy atom. The smallest absolute Gasteiger partial charge is 0.255 e. The van der Waals surface area contributed by atoms with Crippen molar-refractivity contribution in [1.82, 2.24) is 14.9 Å². The molecule has 0 aliphatic carbocycles. The largest absolute Gasteiger partial charge is 0.324 e. The van der Waals surface area contributed by atoms with Gasteiger partial charge in [0, 0.05) is 46.5 Å². The van der Waals surface area contributed by atoms with Gasteiger partial charge in [-0.25, -0.2) is 9.97 Å². The van der Waals surface area contributed by atoms with Crippen LogP contribution in [0.3, 0.4) is 0 Å². The first-order chi connectivity index (χ1) is 20.4. The first kappa shape index (κ1) is 27.6. The number of aryl methyl sites for hydroxylation is 1. The molecule has 6 heteroatoms. The van der Waals surface area contributed by atoms with Crippen LogP contribution in [-0.4, -0.2) is 32.9 Å². The molecule has 0 bridgehead atoms. The van der Waals surface area contributed by atoms with Crippen LogP contribution in [0.25, 0.3) is 22.2 Å². The van der Waals surface area contributed by atoms with Crippen LogP contribution in [0.2, 0.25) is 0 Å². The molecular formula is C36H37N5O. The minimum atomic E-state index is -0.130. The second kappa shape index (κ2) is 12.1. The Bertz CT molecular complexity index is 1690. The average Bonchev–Trinajstić information content (AvgIpc) is 3.01. The Morgan fingerprint density at radius 2 is 1.57 bits per heavy atom. The number of amides is 1. The monoisotopic (exact) mass is 555 g/mol. The summed E-state index contributed by atoms with van der Waals surface area (Å²) in [6.07, 6.45) is 3.78. The van der Waals surface area contributed by atoms with E-state index in [4.69, 9.17) is 9.97 Å². The van der Waals surface area contributed by atoms with E-state index in [-0.39, 0.29) is 5.91 Å². The van der Waals surface area contributed by atoms with Crippen LogP contribution in [-0.2, 0) is 6.54 Å². The first-order valence-electron chi connectivity index (χ1n) is 14.8. The zero-order valence-electron chi connectivity index (χ0n) is 24.5. The molecule has 0 spiro atoms. The number of hydrogen-bond donors (Lipinski definition) is 2. The topological polar surface area (TPSA) is 70.2 Å². The number of hydrogen-bond acceptors (Lipinski definition) is 5. The summed E-state index contributed by atoms with van der Waals surface area (Å²) in [5, 5.41) is 7.47. The second-order valence-corrected chi connectivity index (χ2v) is 11.4. The number of nitrogens with one attached hydrogen (secondary N) is 2. The molecule has 2 unspecified atom stereocenters. The Kier molecular flexibility index (Phi) is 7.97. The molecule has 6 nitrogen and oxygen atoms in total. The summed E-state index contributed by atoms with van der Waals surface area (Å²) < 4.78 is 0. The molecule has 1 aromatic heterocycles. The molecule has 42 heavy (non-hydrogen) atoms. The lowest BCUT2D eigenvalue weighted by Crippen LogP contribution is -2.42. The summed E-state index contributed by atoms with van der Waals surface area (Å²) in [6.45, 7) is 7.57. The molecule has 0 radical (unpaired) electrons. The molecule has 2 atom stereocenters. The number of carbonyl (C=O) groups excluding carboxylic acids is 1. The van der Waals surface area contributed by atoms with Crippen LogP contribution in [0.5, 0.6) is 0 Å². The predicted octanol–water partition coefficient (Wildman–Crippen LogP) is 8.36. The average molecular weight is 556 g/mol. The van der Waals surface area contributed by atoms with Gasteiger partial charge >= 0.3 is 0 Å². The van der Waals surface area contributed by atoms with Crippen molar-refractivity contribution < 1.29 is 4.79 Å². The SMILES string of the molecule is Cc1ccc(CN2C(C)CCCC2C)cc1NC(=O)c1ccc(Nc2nc(-c3ccccc3)c3ccccc3n2)cc1. The van der Waals surface area contributed by atoms with Crippen LogP contribution in [0.15, 0.2) is 97.1 Å². The third kappa shape index (κ3) is 6.04. The van der Waals surface area contributed by atoms with E-state index in [1.807, 2.05) is 73.7 Å². The van der Waals surface area contributed by atoms with Gasteiger partial charge in [0.2, 0.25) is 5.95 Å². The van der Waals surface area contributed by atoms with E-state index in [1.54, 1.807) is 0 Å². The minimum absolute atomic E-state index is 0.130. The zero-order chi connectivity index (χ0) is 29.1. The van der Waals surface area contributed by atoms with E-state index >= 15 is 0 Å². The van der Waals surface area contributed by atoms with Crippen LogP contribution in [0.4, 0.5) is 17.3 Å². The molecule has 0 saturated carbocycles. The second-order valence-electron chi connectivity index (χ2n) is 11.4. The summed E-state index contributed by atoms with van der Waals surface area (Å²) in [5.41, 5.74) is 7.31. The third-order valence-corrected chi connectivity index (χ3v) is 8.35. The van der Waals surface area contributed by atoms with Crippen molar-refractivity contribution in [3.05, 3.63) is 114 Å². The van der Waals surface area contributed by atoms with Gasteiger partial charge < -0.3 is 10.6 Å². The van der Waals surface area contributed by atoms with Gasteiger partial charge in [0.15, 0.2) is 0 Å². The summed E-state index contributed by atoms with van der Waals surface area (Å²) in [4.78, 5) is 25.4. The number of carbonyl (C=O) groups is 1. The van der Waals surface area contributed by atoms with Gasteiger partial charge in [-0.05, 0) is 81.1 Å². The Morgan fingerprint density at radius 1 is 0.857 bits per heavy atom. The number of piperidine rings is 1. The van der Waals surface area contributed by atoms with Gasteiger partial charge in [-0.3, -0.25) is 9.69 Å². The Balaban J connectivity index is 1.17. The van der Waals surface area contributed by atoms with Gasteiger partial charge in [0.05, 0.1) is 11.2 Å². The van der Waals surface area contributed by atoms with Gasteiger partial charge in [-0.15, -0.1) is 0 Å². The normalized spacial score (nSPS) is 17.2. The number of nitrogens with zero attached hydrogens (tertiary/aromatic N) is 3. The van der Waals surface area contributed by atoms with Crippen molar-refractivity contribution in [1.29, 1.82) is 0 Å². The molecular weight excluding hydrogens is 518 g/mol. The van der Waals surface area contributed by atoms with E-state index in [1.165, 1.54) is 24.8 Å². The molecule has 212 valence electrons. The molecule has 1 amide bonds. The van der Waals surface area contributed by atoms with Gasteiger partial charge in [0.1, 0.15) is 0 Å². The quantitative estimate of drug-likeness (QED) is 0.211. The number of anilines is 3. The Labute approximate surface area is 247 Å². The predicted molar refractivity (Wildman–Crippen MR) is 172 cm³/mol. The molecule has 1 saturated heterocycles. The maximum absolute atomic E-state index is 13.2. The molecule has 1 aliphatic heterocycles. The first-order valence-corrected chi connectivity index (χ1v) is 14.8. The molecule has 4 aromatic carbocycles. The molecule has 2 N–H and O–H groups in total. The van der Waals surface area contributed by atoms with Crippen molar-refractivity contribution in [3.8, 4) is 11.3 Å². The maximum atomic E-state index is 13.2. The fourth-order valence-electron chi connectivity index (χ4n) is 5.88. The van der Waals surface area contributed by atoms with E-state index in [0.717, 1.165) is 45.6 Å². The highest BCUT2D eigenvalue weighted by molar-refractivity contribution is 6.05. The molecule has 1 aliphatic rings. The highest BCUT2D eigenvalue weighted by Gasteiger charge is 2.24. The highest BCUT2D eigenvalue weighted by Crippen LogP contribution is 2.29. The van der Waals surface area contributed by atoms with Gasteiger partial charge in [0.25, 0.3) is 5.91 Å². The Hall–Kier alpha value is -4.55.